The number of aromatic nitrogens is 1. The maximum atomic E-state index is 12.6. The van der Waals surface area contributed by atoms with E-state index in [1.54, 1.807) is 37.4 Å². The molecule has 3 rings (SSSR count). The maximum Gasteiger partial charge on any atom is 0.387 e. The number of nitrogens with zero attached hydrogens (tertiary/aromatic N) is 3. The average Bonchev–Trinajstić information content (AvgIpc) is 2.87. The third-order valence-electron chi connectivity index (χ3n) is 3.28. The Balaban J connectivity index is 2.06. The maximum absolute atomic E-state index is 12.6. The second-order valence-electron chi connectivity index (χ2n) is 4.99. The third kappa shape index (κ3) is 3.18. The van der Waals surface area contributed by atoms with E-state index in [4.69, 9.17) is 0 Å². The highest BCUT2D eigenvalue weighted by atomic mass is 19.3. The zero-order valence-corrected chi connectivity index (χ0v) is 12.2. The summed E-state index contributed by atoms with van der Waals surface area (Å²) < 4.78 is 29.8. The number of amides is 1. The lowest BCUT2D eigenvalue weighted by atomic mass is 10.1. The standard InChI is InChI=1S/C16H13F2N3O2/c1-10-8-15(22)21(20-10)11-5-6-14(23-16(17)18)12(9-11)13-4-2-3-7-19-13/h2-7,9,16H,8H2,1H3. The van der Waals surface area contributed by atoms with Crippen molar-refractivity contribution in [2.75, 3.05) is 5.01 Å². The lowest BCUT2D eigenvalue weighted by molar-refractivity contribution is -0.116. The summed E-state index contributed by atoms with van der Waals surface area (Å²) in [7, 11) is 0. The number of ether oxygens (including phenoxy) is 1. The van der Waals surface area contributed by atoms with Crippen LogP contribution in [0, 0.1) is 0 Å². The van der Waals surface area contributed by atoms with Gasteiger partial charge >= 0.3 is 6.61 Å². The highest BCUT2D eigenvalue weighted by molar-refractivity contribution is 6.12. The first kappa shape index (κ1) is 15.1. The van der Waals surface area contributed by atoms with Gasteiger partial charge in [-0.05, 0) is 37.3 Å². The first-order valence-electron chi connectivity index (χ1n) is 6.92. The monoisotopic (exact) mass is 317 g/mol. The third-order valence-corrected chi connectivity index (χ3v) is 3.28. The van der Waals surface area contributed by atoms with Crippen LogP contribution in [0.25, 0.3) is 11.3 Å². The van der Waals surface area contributed by atoms with Gasteiger partial charge in [0.15, 0.2) is 0 Å². The average molecular weight is 317 g/mol. The molecule has 1 aliphatic rings. The van der Waals surface area contributed by atoms with Gasteiger partial charge in [-0.2, -0.15) is 13.9 Å². The molecule has 2 heterocycles. The van der Waals surface area contributed by atoms with E-state index in [2.05, 4.69) is 14.8 Å². The van der Waals surface area contributed by atoms with Gasteiger partial charge in [-0.3, -0.25) is 9.78 Å². The number of hydrogen-bond donors (Lipinski definition) is 0. The molecule has 0 saturated heterocycles. The molecule has 7 heteroatoms. The summed E-state index contributed by atoms with van der Waals surface area (Å²) >= 11 is 0. The van der Waals surface area contributed by atoms with Crippen LogP contribution in [-0.2, 0) is 4.79 Å². The number of benzene rings is 1. The van der Waals surface area contributed by atoms with Crippen LogP contribution in [0.5, 0.6) is 5.75 Å². The fraction of sp³-hybridized carbons (Fsp3) is 0.188. The predicted molar refractivity (Wildman–Crippen MR) is 81.5 cm³/mol. The molecule has 1 aromatic heterocycles. The minimum absolute atomic E-state index is 0.00482. The summed E-state index contributed by atoms with van der Waals surface area (Å²) in [5.74, 6) is -0.174. The van der Waals surface area contributed by atoms with Crippen molar-refractivity contribution >= 4 is 17.3 Å². The van der Waals surface area contributed by atoms with Gasteiger partial charge in [0.25, 0.3) is 5.91 Å². The molecule has 118 valence electrons. The number of anilines is 1. The normalized spacial score (nSPS) is 14.3. The molecule has 0 bridgehead atoms. The molecular formula is C16H13F2N3O2. The smallest absolute Gasteiger partial charge is 0.387 e. The van der Waals surface area contributed by atoms with Crippen LogP contribution in [0.4, 0.5) is 14.5 Å². The zero-order chi connectivity index (χ0) is 16.4. The van der Waals surface area contributed by atoms with E-state index in [0.717, 1.165) is 0 Å². The number of carbonyl (C=O) groups is 1. The van der Waals surface area contributed by atoms with Gasteiger partial charge in [0.1, 0.15) is 5.75 Å². The zero-order valence-electron chi connectivity index (χ0n) is 12.2. The molecule has 0 atom stereocenters. The van der Waals surface area contributed by atoms with Crippen molar-refractivity contribution < 1.29 is 18.3 Å². The van der Waals surface area contributed by atoms with Crippen molar-refractivity contribution in [1.82, 2.24) is 4.98 Å². The Morgan fingerprint density at radius 3 is 2.70 bits per heavy atom. The number of hydrogen-bond acceptors (Lipinski definition) is 4. The van der Waals surface area contributed by atoms with Crippen molar-refractivity contribution in [2.45, 2.75) is 20.0 Å². The van der Waals surface area contributed by atoms with Crippen LogP contribution >= 0.6 is 0 Å². The van der Waals surface area contributed by atoms with Crippen molar-refractivity contribution in [3.8, 4) is 17.0 Å². The molecule has 1 aliphatic heterocycles. The van der Waals surface area contributed by atoms with Gasteiger partial charge in [0.2, 0.25) is 0 Å². The van der Waals surface area contributed by atoms with Crippen molar-refractivity contribution in [3.63, 3.8) is 0 Å². The summed E-state index contributed by atoms with van der Waals surface area (Å²) in [4.78, 5) is 16.1. The summed E-state index contributed by atoms with van der Waals surface area (Å²) in [5, 5.41) is 5.41. The Labute approximate surface area is 131 Å². The van der Waals surface area contributed by atoms with Crippen LogP contribution < -0.4 is 9.75 Å². The number of rotatable bonds is 4. The number of alkyl halides is 2. The summed E-state index contributed by atoms with van der Waals surface area (Å²) in [6, 6.07) is 9.62. The molecule has 5 nitrogen and oxygen atoms in total. The topological polar surface area (TPSA) is 54.8 Å². The molecule has 0 spiro atoms. The molecular weight excluding hydrogens is 304 g/mol. The molecule has 0 N–H and O–H groups in total. The first-order valence-corrected chi connectivity index (χ1v) is 6.92. The van der Waals surface area contributed by atoms with Crippen LogP contribution in [0.15, 0.2) is 47.7 Å². The van der Waals surface area contributed by atoms with Crippen LogP contribution in [0.1, 0.15) is 13.3 Å². The van der Waals surface area contributed by atoms with Gasteiger partial charge in [-0.15, -0.1) is 0 Å². The Hall–Kier alpha value is -2.83. The van der Waals surface area contributed by atoms with Crippen LogP contribution in [0.3, 0.4) is 0 Å². The van der Waals surface area contributed by atoms with Crippen LogP contribution in [-0.4, -0.2) is 23.2 Å². The summed E-state index contributed by atoms with van der Waals surface area (Å²) in [5.41, 5.74) is 2.02. The molecule has 0 radical (unpaired) electrons. The van der Waals surface area contributed by atoms with E-state index in [0.29, 0.717) is 22.7 Å². The Morgan fingerprint density at radius 2 is 2.09 bits per heavy atom. The van der Waals surface area contributed by atoms with E-state index >= 15 is 0 Å². The highest BCUT2D eigenvalue weighted by Crippen LogP contribution is 2.34. The quantitative estimate of drug-likeness (QED) is 0.867. The number of carbonyl (C=O) groups excluding carboxylic acids is 1. The largest absolute Gasteiger partial charge is 0.434 e. The first-order chi connectivity index (χ1) is 11.0. The van der Waals surface area contributed by atoms with Gasteiger partial charge in [0.05, 0.1) is 17.8 Å². The minimum Gasteiger partial charge on any atom is -0.434 e. The molecule has 23 heavy (non-hydrogen) atoms. The second-order valence-corrected chi connectivity index (χ2v) is 4.99. The Morgan fingerprint density at radius 1 is 1.26 bits per heavy atom. The van der Waals surface area contributed by atoms with Crippen molar-refractivity contribution in [2.24, 2.45) is 5.10 Å². The van der Waals surface area contributed by atoms with E-state index in [1.807, 2.05) is 0 Å². The van der Waals surface area contributed by atoms with Crippen molar-refractivity contribution in [3.05, 3.63) is 42.6 Å². The van der Waals surface area contributed by atoms with Gasteiger partial charge in [-0.25, -0.2) is 5.01 Å². The fourth-order valence-corrected chi connectivity index (χ4v) is 2.33. The van der Waals surface area contributed by atoms with Gasteiger partial charge in [-0.1, -0.05) is 6.07 Å². The number of pyridine rings is 1. The lowest BCUT2D eigenvalue weighted by Crippen LogP contribution is -2.19. The highest BCUT2D eigenvalue weighted by Gasteiger charge is 2.24. The van der Waals surface area contributed by atoms with Gasteiger partial charge < -0.3 is 4.74 Å². The second kappa shape index (κ2) is 6.12. The Kier molecular flexibility index (Phi) is 4.01. The van der Waals surface area contributed by atoms with Gasteiger partial charge in [0, 0.05) is 17.5 Å². The number of hydrazone groups is 1. The fourth-order valence-electron chi connectivity index (χ4n) is 2.33. The molecule has 0 saturated carbocycles. The molecule has 1 aromatic carbocycles. The molecule has 2 aromatic rings. The molecule has 1 amide bonds. The molecule has 0 unspecified atom stereocenters. The summed E-state index contributed by atoms with van der Waals surface area (Å²) in [6.45, 7) is -1.19. The Bertz CT molecular complexity index is 763. The van der Waals surface area contributed by atoms with E-state index in [-0.39, 0.29) is 18.1 Å². The van der Waals surface area contributed by atoms with E-state index in [1.165, 1.54) is 17.1 Å². The predicted octanol–water partition coefficient (Wildman–Crippen LogP) is 3.46. The summed E-state index contributed by atoms with van der Waals surface area (Å²) in [6.07, 6.45) is 1.80. The number of halogens is 2. The van der Waals surface area contributed by atoms with E-state index in [9.17, 15) is 13.6 Å². The van der Waals surface area contributed by atoms with Crippen molar-refractivity contribution in [1.29, 1.82) is 0 Å². The van der Waals surface area contributed by atoms with E-state index < -0.39 is 6.61 Å². The minimum atomic E-state index is -2.95. The SMILES string of the molecule is CC1=NN(c2ccc(OC(F)F)c(-c3ccccn3)c2)C(=O)C1. The molecule has 0 fully saturated rings. The van der Waals surface area contributed by atoms with Crippen LogP contribution in [0.2, 0.25) is 0 Å². The lowest BCUT2D eigenvalue weighted by Gasteiger charge is -2.16. The molecule has 0 aliphatic carbocycles.